The number of hydrogen-bond acceptors (Lipinski definition) is 8. The Morgan fingerprint density at radius 2 is 1.79 bits per heavy atom. The maximum absolute atomic E-state index is 13.3. The first kappa shape index (κ1) is 29.7. The van der Waals surface area contributed by atoms with Crippen molar-refractivity contribution in [3.63, 3.8) is 0 Å². The molecule has 13 heteroatoms. The molecule has 4 atom stereocenters. The Morgan fingerprint density at radius 1 is 1.09 bits per heavy atom. The number of nitrogens with one attached hydrogen (secondary N) is 2. The lowest BCUT2D eigenvalue weighted by molar-refractivity contribution is -0.145. The Morgan fingerprint density at radius 3 is 2.38 bits per heavy atom. The number of unbranched alkanes of at least 4 members (excludes halogenated alkanes) is 1. The third-order valence-electron chi connectivity index (χ3n) is 5.66. The average molecular weight is 503 g/mol. The molecule has 1 aliphatic rings. The van der Waals surface area contributed by atoms with Gasteiger partial charge >= 0.3 is 5.97 Å². The summed E-state index contributed by atoms with van der Waals surface area (Å²) in [6, 6.07) is -3.78. The van der Waals surface area contributed by atoms with Crippen LogP contribution < -0.4 is 27.8 Å². The van der Waals surface area contributed by atoms with Gasteiger partial charge in [-0.3, -0.25) is 19.2 Å². The fourth-order valence-electron chi connectivity index (χ4n) is 3.73. The standard InChI is InChI=1S/C21H38N6O6S/c1-34-12-9-14(25-18(29)13(23)5-2-3-10-22)20(31)27-11-4-6-16(27)19(30)26-15(21(32)33)7-8-17(24)28/h13-16H,2-12,22-23H2,1H3,(H2,24,28)(H,25,29)(H,26,30)(H,32,33). The maximum atomic E-state index is 13.3. The molecule has 9 N–H and O–H groups in total. The Hall–Kier alpha value is -2.38. The van der Waals surface area contributed by atoms with E-state index in [1.54, 1.807) is 0 Å². The van der Waals surface area contributed by atoms with Gasteiger partial charge in [0.25, 0.3) is 0 Å². The molecule has 4 amide bonds. The molecule has 0 aliphatic carbocycles. The fraction of sp³-hybridized carbons (Fsp3) is 0.762. The van der Waals surface area contributed by atoms with Crippen molar-refractivity contribution in [2.45, 2.75) is 75.5 Å². The third kappa shape index (κ3) is 9.85. The summed E-state index contributed by atoms with van der Waals surface area (Å²) in [5.41, 5.74) is 16.5. The van der Waals surface area contributed by atoms with Gasteiger partial charge in [-0.15, -0.1) is 0 Å². The summed E-state index contributed by atoms with van der Waals surface area (Å²) in [6.45, 7) is 0.816. The zero-order chi connectivity index (χ0) is 25.7. The van der Waals surface area contributed by atoms with Gasteiger partial charge < -0.3 is 37.8 Å². The van der Waals surface area contributed by atoms with E-state index in [4.69, 9.17) is 17.2 Å². The normalized spacial score (nSPS) is 18.1. The van der Waals surface area contributed by atoms with E-state index in [0.717, 1.165) is 6.42 Å². The van der Waals surface area contributed by atoms with Crippen molar-refractivity contribution in [3.8, 4) is 0 Å². The molecule has 0 bridgehead atoms. The zero-order valence-electron chi connectivity index (χ0n) is 19.7. The highest BCUT2D eigenvalue weighted by atomic mass is 32.2. The number of thioether (sulfide) groups is 1. The first-order valence-corrected chi connectivity index (χ1v) is 12.9. The number of likely N-dealkylation sites (tertiary alicyclic amines) is 1. The number of nitrogens with two attached hydrogens (primary N) is 3. The third-order valence-corrected chi connectivity index (χ3v) is 6.31. The molecule has 34 heavy (non-hydrogen) atoms. The fourth-order valence-corrected chi connectivity index (χ4v) is 4.20. The van der Waals surface area contributed by atoms with Crippen molar-refractivity contribution in [1.29, 1.82) is 0 Å². The summed E-state index contributed by atoms with van der Waals surface area (Å²) < 4.78 is 0. The molecule has 1 fully saturated rings. The van der Waals surface area contributed by atoms with Gasteiger partial charge in [-0.05, 0) is 57.1 Å². The smallest absolute Gasteiger partial charge is 0.326 e. The van der Waals surface area contributed by atoms with Crippen molar-refractivity contribution < 1.29 is 29.1 Å². The molecule has 12 nitrogen and oxygen atoms in total. The van der Waals surface area contributed by atoms with Gasteiger partial charge in [-0.25, -0.2) is 4.79 Å². The first-order valence-electron chi connectivity index (χ1n) is 11.5. The summed E-state index contributed by atoms with van der Waals surface area (Å²) in [6.07, 6.45) is 4.72. The van der Waals surface area contributed by atoms with Gasteiger partial charge in [-0.2, -0.15) is 11.8 Å². The van der Waals surface area contributed by atoms with E-state index in [1.165, 1.54) is 16.7 Å². The summed E-state index contributed by atoms with van der Waals surface area (Å²) >= 11 is 1.52. The average Bonchev–Trinajstić information content (AvgIpc) is 3.28. The number of carboxylic acid groups (broad SMARTS) is 1. The molecule has 1 aliphatic heterocycles. The number of rotatable bonds is 16. The lowest BCUT2D eigenvalue weighted by Crippen LogP contribution is -2.57. The lowest BCUT2D eigenvalue weighted by Gasteiger charge is -2.30. The molecule has 194 valence electrons. The van der Waals surface area contributed by atoms with E-state index in [-0.39, 0.29) is 12.8 Å². The van der Waals surface area contributed by atoms with Crippen LogP contribution >= 0.6 is 11.8 Å². The highest BCUT2D eigenvalue weighted by Crippen LogP contribution is 2.20. The number of aliphatic carboxylic acids is 1. The van der Waals surface area contributed by atoms with Gasteiger partial charge in [0.2, 0.25) is 23.6 Å². The van der Waals surface area contributed by atoms with Crippen LogP contribution in [0.25, 0.3) is 0 Å². The molecule has 0 saturated carbocycles. The van der Waals surface area contributed by atoms with Crippen molar-refractivity contribution in [1.82, 2.24) is 15.5 Å². The van der Waals surface area contributed by atoms with E-state index in [1.807, 2.05) is 6.26 Å². The largest absolute Gasteiger partial charge is 0.480 e. The van der Waals surface area contributed by atoms with Crippen LogP contribution in [-0.2, 0) is 24.0 Å². The second-order valence-electron chi connectivity index (χ2n) is 8.33. The van der Waals surface area contributed by atoms with E-state index >= 15 is 0 Å². The molecule has 0 aromatic carbocycles. The minimum absolute atomic E-state index is 0.147. The zero-order valence-corrected chi connectivity index (χ0v) is 20.5. The van der Waals surface area contributed by atoms with Crippen LogP contribution in [0.3, 0.4) is 0 Å². The van der Waals surface area contributed by atoms with Crippen molar-refractivity contribution in [3.05, 3.63) is 0 Å². The van der Waals surface area contributed by atoms with Crippen LogP contribution in [0.2, 0.25) is 0 Å². The molecule has 0 spiro atoms. The quantitative estimate of drug-likeness (QED) is 0.135. The molecular weight excluding hydrogens is 464 g/mol. The predicted octanol–water partition coefficient (Wildman–Crippen LogP) is -1.49. The van der Waals surface area contributed by atoms with Crippen LogP contribution in [0.1, 0.15) is 51.4 Å². The SMILES string of the molecule is CSCCC(NC(=O)C(N)CCCCN)C(=O)N1CCCC1C(=O)NC(CCC(N)=O)C(=O)O. The van der Waals surface area contributed by atoms with Crippen molar-refractivity contribution in [2.75, 3.05) is 25.1 Å². The summed E-state index contributed by atoms with van der Waals surface area (Å²) in [4.78, 5) is 62.5. The Labute approximate surface area is 204 Å². The van der Waals surface area contributed by atoms with Gasteiger partial charge in [0.1, 0.15) is 18.1 Å². The van der Waals surface area contributed by atoms with Crippen molar-refractivity contribution in [2.24, 2.45) is 17.2 Å². The molecule has 1 rings (SSSR count). The highest BCUT2D eigenvalue weighted by Gasteiger charge is 2.39. The van der Waals surface area contributed by atoms with Crippen LogP contribution in [0.5, 0.6) is 0 Å². The number of primary amides is 1. The number of hydrogen-bond donors (Lipinski definition) is 6. The summed E-state index contributed by atoms with van der Waals surface area (Å²) in [7, 11) is 0. The second kappa shape index (κ2) is 15.5. The molecular formula is C21H38N6O6S. The summed E-state index contributed by atoms with van der Waals surface area (Å²) in [5, 5.41) is 14.5. The Bertz CT molecular complexity index is 724. The van der Waals surface area contributed by atoms with E-state index in [2.05, 4.69) is 10.6 Å². The molecule has 0 aromatic rings. The van der Waals surface area contributed by atoms with E-state index < -0.39 is 53.8 Å². The first-order chi connectivity index (χ1) is 16.1. The van der Waals surface area contributed by atoms with E-state index in [9.17, 15) is 29.1 Å². The molecule has 0 aromatic heterocycles. The molecule has 0 radical (unpaired) electrons. The Kier molecular flexibility index (Phi) is 13.5. The number of carbonyl (C=O) groups excluding carboxylic acids is 4. The van der Waals surface area contributed by atoms with Crippen LogP contribution in [-0.4, -0.2) is 88.9 Å². The number of carbonyl (C=O) groups is 5. The molecule has 1 heterocycles. The van der Waals surface area contributed by atoms with Gasteiger partial charge in [0.15, 0.2) is 0 Å². The van der Waals surface area contributed by atoms with Gasteiger partial charge in [0, 0.05) is 13.0 Å². The van der Waals surface area contributed by atoms with Crippen molar-refractivity contribution >= 4 is 41.4 Å². The van der Waals surface area contributed by atoms with Crippen LogP contribution in [0.15, 0.2) is 0 Å². The number of carboxylic acids is 1. The van der Waals surface area contributed by atoms with Gasteiger partial charge in [-0.1, -0.05) is 6.42 Å². The highest BCUT2D eigenvalue weighted by molar-refractivity contribution is 7.98. The van der Waals surface area contributed by atoms with Crippen LogP contribution in [0, 0.1) is 0 Å². The molecule has 1 saturated heterocycles. The Balaban J connectivity index is 2.87. The number of nitrogens with zero attached hydrogens (tertiary/aromatic N) is 1. The van der Waals surface area contributed by atoms with Crippen LogP contribution in [0.4, 0.5) is 0 Å². The van der Waals surface area contributed by atoms with E-state index in [0.29, 0.717) is 50.9 Å². The van der Waals surface area contributed by atoms with Gasteiger partial charge in [0.05, 0.1) is 6.04 Å². The minimum atomic E-state index is -1.30. The topological polar surface area (TPSA) is 211 Å². The molecule has 4 unspecified atom stereocenters. The minimum Gasteiger partial charge on any atom is -0.480 e. The maximum Gasteiger partial charge on any atom is 0.326 e. The second-order valence-corrected chi connectivity index (χ2v) is 9.31. The monoisotopic (exact) mass is 502 g/mol. The number of amides is 4. The summed E-state index contributed by atoms with van der Waals surface area (Å²) in [5.74, 6) is -2.81. The predicted molar refractivity (Wildman–Crippen MR) is 129 cm³/mol. The lowest BCUT2D eigenvalue weighted by atomic mass is 10.1.